The van der Waals surface area contributed by atoms with Crippen LogP contribution in [0.1, 0.15) is 21.5 Å². The average molecular weight is 453 g/mol. The second kappa shape index (κ2) is 9.02. The van der Waals surface area contributed by atoms with Crippen LogP contribution in [0, 0.1) is 0 Å². The van der Waals surface area contributed by atoms with Crippen molar-refractivity contribution in [3.63, 3.8) is 0 Å². The Morgan fingerprint density at radius 3 is 2.44 bits per heavy atom. The molecule has 0 radical (unpaired) electrons. The standard InChI is InChI=1S/C24H24N2O5S/c1-30-22-10-6-9-21(23(22)31-2)24(27)25-19-12-11-17-13-14-26(16-18(17)15-19)32(28,29)20-7-4-3-5-8-20/h3-12,15H,13-14,16H2,1-2H3,(H,25,27). The van der Waals surface area contributed by atoms with Gasteiger partial charge in [-0.2, -0.15) is 4.31 Å². The first-order valence-electron chi connectivity index (χ1n) is 10.1. The fraction of sp³-hybridized carbons (Fsp3) is 0.208. The quantitative estimate of drug-likeness (QED) is 0.616. The van der Waals surface area contributed by atoms with Gasteiger partial charge >= 0.3 is 0 Å². The van der Waals surface area contributed by atoms with Crippen LogP contribution in [0.4, 0.5) is 5.69 Å². The summed E-state index contributed by atoms with van der Waals surface area (Å²) in [6.07, 6.45) is 0.610. The molecule has 1 N–H and O–H groups in total. The Morgan fingerprint density at radius 1 is 0.938 bits per heavy atom. The number of ether oxygens (including phenoxy) is 2. The molecule has 0 bridgehead atoms. The molecule has 0 spiro atoms. The van der Waals surface area contributed by atoms with Gasteiger partial charge in [0.25, 0.3) is 5.91 Å². The smallest absolute Gasteiger partial charge is 0.259 e. The topological polar surface area (TPSA) is 84.9 Å². The van der Waals surface area contributed by atoms with Gasteiger partial charge in [0.2, 0.25) is 10.0 Å². The van der Waals surface area contributed by atoms with E-state index < -0.39 is 10.0 Å². The summed E-state index contributed by atoms with van der Waals surface area (Å²) in [7, 11) is -0.591. The molecule has 0 unspecified atom stereocenters. The molecule has 1 aliphatic rings. The molecule has 0 atom stereocenters. The van der Waals surface area contributed by atoms with Gasteiger partial charge in [-0.05, 0) is 53.9 Å². The van der Waals surface area contributed by atoms with E-state index in [1.165, 1.54) is 18.5 Å². The van der Waals surface area contributed by atoms with Gasteiger partial charge in [-0.15, -0.1) is 0 Å². The maximum Gasteiger partial charge on any atom is 0.259 e. The predicted molar refractivity (Wildman–Crippen MR) is 122 cm³/mol. The summed E-state index contributed by atoms with van der Waals surface area (Å²) >= 11 is 0. The molecule has 0 fully saturated rings. The van der Waals surface area contributed by atoms with Crippen molar-refractivity contribution < 1.29 is 22.7 Å². The number of fused-ring (bicyclic) bond motifs is 1. The number of nitrogens with one attached hydrogen (secondary N) is 1. The van der Waals surface area contributed by atoms with Crippen LogP contribution in [-0.4, -0.2) is 39.4 Å². The summed E-state index contributed by atoms with van der Waals surface area (Å²) in [5, 5.41) is 2.88. The molecule has 1 amide bonds. The second-order valence-corrected chi connectivity index (χ2v) is 9.32. The molecule has 4 rings (SSSR count). The van der Waals surface area contributed by atoms with Crippen molar-refractivity contribution >= 4 is 21.6 Å². The van der Waals surface area contributed by atoms with Gasteiger partial charge in [-0.3, -0.25) is 4.79 Å². The molecule has 3 aromatic carbocycles. The van der Waals surface area contributed by atoms with Crippen LogP contribution in [0.25, 0.3) is 0 Å². The van der Waals surface area contributed by atoms with Crippen molar-refractivity contribution in [2.75, 3.05) is 26.1 Å². The molecule has 7 nitrogen and oxygen atoms in total. The minimum Gasteiger partial charge on any atom is -0.493 e. The third-order valence-corrected chi connectivity index (χ3v) is 7.33. The maximum absolute atomic E-state index is 13.0. The zero-order valence-electron chi connectivity index (χ0n) is 17.9. The van der Waals surface area contributed by atoms with Gasteiger partial charge in [0.05, 0.1) is 24.7 Å². The Bertz CT molecular complexity index is 1240. The highest BCUT2D eigenvalue weighted by atomic mass is 32.2. The number of hydrogen-bond acceptors (Lipinski definition) is 5. The Morgan fingerprint density at radius 2 is 1.72 bits per heavy atom. The van der Waals surface area contributed by atoms with E-state index in [1.807, 2.05) is 18.2 Å². The van der Waals surface area contributed by atoms with E-state index >= 15 is 0 Å². The highest BCUT2D eigenvalue weighted by Gasteiger charge is 2.28. The van der Waals surface area contributed by atoms with E-state index in [2.05, 4.69) is 5.32 Å². The highest BCUT2D eigenvalue weighted by molar-refractivity contribution is 7.89. The zero-order valence-corrected chi connectivity index (χ0v) is 18.7. The molecule has 166 valence electrons. The van der Waals surface area contributed by atoms with Crippen molar-refractivity contribution in [3.8, 4) is 11.5 Å². The zero-order chi connectivity index (χ0) is 22.7. The van der Waals surface area contributed by atoms with E-state index in [9.17, 15) is 13.2 Å². The molecule has 0 aromatic heterocycles. The molecular weight excluding hydrogens is 428 g/mol. The molecule has 1 heterocycles. The Hall–Kier alpha value is -3.36. The lowest BCUT2D eigenvalue weighted by atomic mass is 10.0. The van der Waals surface area contributed by atoms with Crippen molar-refractivity contribution in [1.82, 2.24) is 4.31 Å². The lowest BCUT2D eigenvalue weighted by Crippen LogP contribution is -2.36. The number of nitrogens with zero attached hydrogens (tertiary/aromatic N) is 1. The van der Waals surface area contributed by atoms with E-state index in [-0.39, 0.29) is 17.3 Å². The summed E-state index contributed by atoms with van der Waals surface area (Å²) < 4.78 is 38.1. The molecular formula is C24H24N2O5S. The number of amides is 1. The minimum atomic E-state index is -3.58. The molecule has 0 saturated heterocycles. The summed E-state index contributed by atoms with van der Waals surface area (Å²) in [6, 6.07) is 19.1. The van der Waals surface area contributed by atoms with Crippen molar-refractivity contribution in [2.45, 2.75) is 17.9 Å². The van der Waals surface area contributed by atoms with Crippen LogP contribution in [0.5, 0.6) is 11.5 Å². The van der Waals surface area contributed by atoms with Gasteiger partial charge < -0.3 is 14.8 Å². The number of para-hydroxylation sites is 1. The maximum atomic E-state index is 13.0. The number of sulfonamides is 1. The number of carbonyl (C=O) groups is 1. The first-order valence-corrected chi connectivity index (χ1v) is 11.6. The van der Waals surface area contributed by atoms with Gasteiger partial charge in [-0.25, -0.2) is 8.42 Å². The van der Waals surface area contributed by atoms with Crippen LogP contribution in [0.15, 0.2) is 71.6 Å². The van der Waals surface area contributed by atoms with Crippen LogP contribution in [0.2, 0.25) is 0 Å². The molecule has 8 heteroatoms. The van der Waals surface area contributed by atoms with E-state index in [4.69, 9.17) is 9.47 Å². The summed E-state index contributed by atoms with van der Waals surface area (Å²) in [5.74, 6) is 0.475. The van der Waals surface area contributed by atoms with Crippen molar-refractivity contribution in [1.29, 1.82) is 0 Å². The predicted octanol–water partition coefficient (Wildman–Crippen LogP) is 3.70. The number of benzene rings is 3. The largest absolute Gasteiger partial charge is 0.493 e. The van der Waals surface area contributed by atoms with Crippen LogP contribution < -0.4 is 14.8 Å². The monoisotopic (exact) mass is 452 g/mol. The molecule has 1 aliphatic heterocycles. The van der Waals surface area contributed by atoms with Crippen molar-refractivity contribution in [2.24, 2.45) is 0 Å². The number of methoxy groups -OCH3 is 2. The highest BCUT2D eigenvalue weighted by Crippen LogP contribution is 2.32. The van der Waals surface area contributed by atoms with Gasteiger partial charge in [0.1, 0.15) is 0 Å². The number of carbonyl (C=O) groups excluding carboxylic acids is 1. The molecule has 32 heavy (non-hydrogen) atoms. The summed E-state index contributed by atoms with van der Waals surface area (Å²) in [4.78, 5) is 13.2. The Labute approximate surface area is 187 Å². The SMILES string of the molecule is COc1cccc(C(=O)Nc2ccc3c(c2)CN(S(=O)(=O)c2ccccc2)CC3)c1OC. The van der Waals surface area contributed by atoms with Crippen LogP contribution in [0.3, 0.4) is 0 Å². The summed E-state index contributed by atoms with van der Waals surface area (Å²) in [6.45, 7) is 0.662. The molecule has 0 saturated carbocycles. The minimum absolute atomic E-state index is 0.249. The van der Waals surface area contributed by atoms with E-state index in [1.54, 1.807) is 48.5 Å². The molecule has 3 aromatic rings. The van der Waals surface area contributed by atoms with E-state index in [0.29, 0.717) is 35.7 Å². The van der Waals surface area contributed by atoms with E-state index in [0.717, 1.165) is 11.1 Å². The first-order chi connectivity index (χ1) is 15.4. The van der Waals surface area contributed by atoms with Crippen molar-refractivity contribution in [3.05, 3.63) is 83.4 Å². The average Bonchev–Trinajstić information content (AvgIpc) is 2.83. The normalized spacial score (nSPS) is 13.8. The molecule has 0 aliphatic carbocycles. The van der Waals surface area contributed by atoms with Crippen LogP contribution in [-0.2, 0) is 23.0 Å². The number of anilines is 1. The summed E-state index contributed by atoms with van der Waals surface area (Å²) in [5.41, 5.74) is 2.86. The first kappa shape index (κ1) is 21.9. The van der Waals surface area contributed by atoms with Gasteiger partial charge in [0, 0.05) is 18.8 Å². The number of rotatable bonds is 6. The third kappa shape index (κ3) is 4.19. The fourth-order valence-electron chi connectivity index (χ4n) is 3.82. The lowest BCUT2D eigenvalue weighted by molar-refractivity contribution is 0.102. The number of hydrogen-bond donors (Lipinski definition) is 1. The third-order valence-electron chi connectivity index (χ3n) is 5.47. The van der Waals surface area contributed by atoms with Gasteiger partial charge in [-0.1, -0.05) is 30.3 Å². The second-order valence-electron chi connectivity index (χ2n) is 7.38. The lowest BCUT2D eigenvalue weighted by Gasteiger charge is -2.28. The Balaban J connectivity index is 1.57. The van der Waals surface area contributed by atoms with Crippen LogP contribution >= 0.6 is 0 Å². The Kier molecular flexibility index (Phi) is 6.16. The van der Waals surface area contributed by atoms with Gasteiger partial charge in [0.15, 0.2) is 11.5 Å². The fourth-order valence-corrected chi connectivity index (χ4v) is 5.26.